The molecule has 1 amide bonds. The summed E-state index contributed by atoms with van der Waals surface area (Å²) >= 11 is 3.11. The normalized spacial score (nSPS) is 15.4. The summed E-state index contributed by atoms with van der Waals surface area (Å²) in [6.45, 7) is 4.64. The monoisotopic (exact) mass is 537 g/mol. The average molecular weight is 538 g/mol. The van der Waals surface area contributed by atoms with Gasteiger partial charge in [0.1, 0.15) is 17.6 Å². The van der Waals surface area contributed by atoms with Gasteiger partial charge in [-0.3, -0.25) is 4.79 Å². The number of rotatable bonds is 10. The molecule has 1 aromatic carbocycles. The molecule has 0 saturated carbocycles. The Morgan fingerprint density at radius 3 is 2.92 bits per heavy atom. The van der Waals surface area contributed by atoms with Gasteiger partial charge in [0.2, 0.25) is 0 Å². The summed E-state index contributed by atoms with van der Waals surface area (Å²) in [5.74, 6) is 1.16. The Kier molecular flexibility index (Phi) is 8.95. The lowest BCUT2D eigenvalue weighted by Gasteiger charge is -2.22. The first-order valence-corrected chi connectivity index (χ1v) is 14.1. The Labute approximate surface area is 225 Å². The maximum absolute atomic E-state index is 12.9. The summed E-state index contributed by atoms with van der Waals surface area (Å²) < 4.78 is 10.8. The molecule has 2 aromatic heterocycles. The smallest absolute Gasteiger partial charge is 0.407 e. The van der Waals surface area contributed by atoms with Crippen molar-refractivity contribution in [2.45, 2.75) is 58.4 Å². The number of amides is 1. The zero-order valence-electron chi connectivity index (χ0n) is 21.3. The van der Waals surface area contributed by atoms with E-state index in [9.17, 15) is 14.9 Å². The Bertz CT molecular complexity index is 1310. The van der Waals surface area contributed by atoms with Crippen LogP contribution in [-0.2, 0) is 35.3 Å². The van der Waals surface area contributed by atoms with Crippen LogP contribution in [0.3, 0.4) is 0 Å². The molecular weight excluding hydrogens is 506 g/mol. The number of methoxy groups -OCH3 is 1. The molecule has 9 heteroatoms. The number of nitrogens with zero attached hydrogens (tertiary/aromatic N) is 2. The summed E-state index contributed by atoms with van der Waals surface area (Å²) in [6, 6.07) is 10.1. The molecule has 0 radical (unpaired) electrons. The highest BCUT2D eigenvalue weighted by Crippen LogP contribution is 2.37. The van der Waals surface area contributed by atoms with E-state index in [2.05, 4.69) is 16.4 Å². The maximum Gasteiger partial charge on any atom is 0.407 e. The van der Waals surface area contributed by atoms with E-state index >= 15 is 0 Å². The molecule has 2 unspecified atom stereocenters. The molecule has 0 spiro atoms. The lowest BCUT2D eigenvalue weighted by atomic mass is 9.87. The van der Waals surface area contributed by atoms with E-state index in [1.54, 1.807) is 29.8 Å². The highest BCUT2D eigenvalue weighted by molar-refractivity contribution is 7.12. The zero-order chi connectivity index (χ0) is 26.4. The number of aryl methyl sites for hydroxylation is 1. The van der Waals surface area contributed by atoms with Crippen LogP contribution < -0.4 is 10.1 Å². The van der Waals surface area contributed by atoms with Crippen molar-refractivity contribution in [3.05, 3.63) is 66.8 Å². The first-order chi connectivity index (χ1) is 17.9. The van der Waals surface area contributed by atoms with Crippen LogP contribution in [0.15, 0.2) is 29.6 Å². The minimum Gasteiger partial charge on any atom is -0.497 e. The molecule has 37 heavy (non-hydrogen) atoms. The Morgan fingerprint density at radius 1 is 1.35 bits per heavy atom. The second-order valence-corrected chi connectivity index (χ2v) is 11.7. The van der Waals surface area contributed by atoms with Crippen molar-refractivity contribution in [2.24, 2.45) is 5.92 Å². The fourth-order valence-corrected chi connectivity index (χ4v) is 6.72. The largest absolute Gasteiger partial charge is 0.497 e. The molecule has 2 heterocycles. The van der Waals surface area contributed by atoms with E-state index in [4.69, 9.17) is 9.47 Å². The van der Waals surface area contributed by atoms with Gasteiger partial charge in [0.25, 0.3) is 0 Å². The first kappa shape index (κ1) is 26.8. The van der Waals surface area contributed by atoms with Gasteiger partial charge in [0, 0.05) is 28.0 Å². The molecule has 1 aliphatic rings. The van der Waals surface area contributed by atoms with E-state index in [1.807, 2.05) is 43.5 Å². The SMILES string of the molecule is COc1cccc(C(C)CC(=O)Cc2sc3c(c2C#N)CCC(COC(=O)NCc2csc(C)n2)C3)c1. The minimum absolute atomic E-state index is 0.0648. The first-order valence-electron chi connectivity index (χ1n) is 12.4. The van der Waals surface area contributed by atoms with Crippen LogP contribution in [0.4, 0.5) is 4.79 Å². The average Bonchev–Trinajstić information content (AvgIpc) is 3.47. The van der Waals surface area contributed by atoms with Crippen LogP contribution >= 0.6 is 22.7 Å². The van der Waals surface area contributed by atoms with Crippen molar-refractivity contribution in [3.8, 4) is 11.8 Å². The highest BCUT2D eigenvalue weighted by Gasteiger charge is 2.27. The number of nitrogens with one attached hydrogen (secondary N) is 1. The molecule has 0 bridgehead atoms. The van der Waals surface area contributed by atoms with Crippen molar-refractivity contribution in [3.63, 3.8) is 0 Å². The van der Waals surface area contributed by atoms with Gasteiger partial charge in [0.15, 0.2) is 0 Å². The van der Waals surface area contributed by atoms with Gasteiger partial charge in [-0.25, -0.2) is 9.78 Å². The van der Waals surface area contributed by atoms with Crippen molar-refractivity contribution < 1.29 is 19.1 Å². The lowest BCUT2D eigenvalue weighted by molar-refractivity contribution is -0.118. The number of aromatic nitrogens is 1. The quantitative estimate of drug-likeness (QED) is 0.354. The summed E-state index contributed by atoms with van der Waals surface area (Å²) in [5.41, 5.74) is 3.62. The predicted octanol–water partition coefficient (Wildman–Crippen LogP) is 5.73. The van der Waals surface area contributed by atoms with Gasteiger partial charge in [0.05, 0.1) is 36.5 Å². The second kappa shape index (κ2) is 12.3. The lowest BCUT2D eigenvalue weighted by Crippen LogP contribution is -2.27. The number of carbonyl (C=O) groups excluding carboxylic acids is 2. The third kappa shape index (κ3) is 6.96. The number of fused-ring (bicyclic) bond motifs is 1. The summed E-state index contributed by atoms with van der Waals surface area (Å²) in [6.07, 6.45) is 2.59. The standard InChI is InChI=1S/C28H31N3O4S2/c1-17(20-5-4-6-23(11-20)34-3)9-22(32)12-27-25(13-29)24-8-7-19(10-26(24)37-27)15-35-28(33)30-14-21-16-36-18(2)31-21/h4-6,11,16-17,19H,7-10,12,14-15H2,1-3H3,(H,30,33). The fraction of sp³-hybridized carbons (Fsp3) is 0.429. The number of ether oxygens (including phenoxy) is 2. The molecule has 1 aliphatic carbocycles. The third-order valence-electron chi connectivity index (χ3n) is 6.64. The fourth-order valence-electron chi connectivity index (χ4n) is 4.66. The molecule has 1 N–H and O–H groups in total. The van der Waals surface area contributed by atoms with E-state index < -0.39 is 6.09 Å². The number of ketones is 1. The van der Waals surface area contributed by atoms with Crippen LogP contribution in [-0.4, -0.2) is 30.6 Å². The van der Waals surface area contributed by atoms with Crippen LogP contribution in [0, 0.1) is 24.2 Å². The number of nitriles is 1. The number of carbonyl (C=O) groups is 2. The maximum atomic E-state index is 12.9. The number of thiazole rings is 1. The van der Waals surface area contributed by atoms with Crippen LogP contribution in [0.25, 0.3) is 0 Å². The number of alkyl carbamates (subject to hydrolysis) is 1. The second-order valence-electron chi connectivity index (χ2n) is 9.43. The molecule has 4 rings (SSSR count). The topological polar surface area (TPSA) is 101 Å². The molecule has 0 aliphatic heterocycles. The van der Waals surface area contributed by atoms with E-state index in [-0.39, 0.29) is 24.0 Å². The molecule has 0 saturated heterocycles. The van der Waals surface area contributed by atoms with Gasteiger partial charge >= 0.3 is 6.09 Å². The molecule has 194 valence electrons. The molecular formula is C28H31N3O4S2. The molecule has 2 atom stereocenters. The van der Waals surface area contributed by atoms with Gasteiger partial charge in [-0.05, 0) is 61.3 Å². The zero-order valence-corrected chi connectivity index (χ0v) is 23.0. The minimum atomic E-state index is -0.447. The summed E-state index contributed by atoms with van der Waals surface area (Å²) in [4.78, 5) is 31.4. The Balaban J connectivity index is 1.31. The van der Waals surface area contributed by atoms with Crippen molar-refractivity contribution in [1.29, 1.82) is 5.26 Å². The van der Waals surface area contributed by atoms with Crippen LogP contribution in [0.5, 0.6) is 5.75 Å². The summed E-state index contributed by atoms with van der Waals surface area (Å²) in [5, 5.41) is 15.5. The molecule has 7 nitrogen and oxygen atoms in total. The van der Waals surface area contributed by atoms with Gasteiger partial charge < -0.3 is 14.8 Å². The Morgan fingerprint density at radius 2 is 2.19 bits per heavy atom. The van der Waals surface area contributed by atoms with E-state index in [0.717, 1.165) is 56.6 Å². The highest BCUT2D eigenvalue weighted by atomic mass is 32.1. The van der Waals surface area contributed by atoms with Crippen molar-refractivity contribution in [1.82, 2.24) is 10.3 Å². The Hall–Kier alpha value is -3.22. The molecule has 3 aromatic rings. The third-order valence-corrected chi connectivity index (χ3v) is 8.71. The van der Waals surface area contributed by atoms with Crippen molar-refractivity contribution in [2.75, 3.05) is 13.7 Å². The number of Topliss-reactive ketones (excluding diaryl/α,β-unsaturated/α-hetero) is 1. The summed E-state index contributed by atoms with van der Waals surface area (Å²) in [7, 11) is 1.63. The van der Waals surface area contributed by atoms with Crippen LogP contribution in [0.1, 0.15) is 62.8 Å². The predicted molar refractivity (Wildman–Crippen MR) is 144 cm³/mol. The van der Waals surface area contributed by atoms with Gasteiger partial charge in [-0.15, -0.1) is 22.7 Å². The number of thiophene rings is 1. The number of benzene rings is 1. The van der Waals surface area contributed by atoms with E-state index in [1.165, 1.54) is 0 Å². The van der Waals surface area contributed by atoms with E-state index in [0.29, 0.717) is 25.1 Å². The van der Waals surface area contributed by atoms with Gasteiger partial charge in [-0.1, -0.05) is 19.1 Å². The van der Waals surface area contributed by atoms with Crippen LogP contribution in [0.2, 0.25) is 0 Å². The number of hydrogen-bond donors (Lipinski definition) is 1. The van der Waals surface area contributed by atoms with Crippen molar-refractivity contribution >= 4 is 34.6 Å². The molecule has 0 fully saturated rings. The van der Waals surface area contributed by atoms with Gasteiger partial charge in [-0.2, -0.15) is 5.26 Å². The number of hydrogen-bond acceptors (Lipinski definition) is 8.